The summed E-state index contributed by atoms with van der Waals surface area (Å²) in [6.45, 7) is 8.41. The van der Waals surface area contributed by atoms with Gasteiger partial charge in [-0.1, -0.05) is 50.8 Å². The molecule has 2 aromatic rings. The third-order valence-corrected chi connectivity index (χ3v) is 6.24. The Kier molecular flexibility index (Phi) is 11.7. The third-order valence-electron chi connectivity index (χ3n) is 6.24. The van der Waals surface area contributed by atoms with Gasteiger partial charge in [0.25, 0.3) is 0 Å². The van der Waals surface area contributed by atoms with E-state index in [9.17, 15) is 4.79 Å². The first kappa shape index (κ1) is 26.8. The first-order valence-corrected chi connectivity index (χ1v) is 13.3. The Labute approximate surface area is 211 Å². The molecule has 0 unspecified atom stereocenters. The predicted octanol–water partition coefficient (Wildman–Crippen LogP) is 6.90. The molecule has 0 atom stereocenters. The van der Waals surface area contributed by atoms with E-state index in [1.54, 1.807) is 0 Å². The van der Waals surface area contributed by atoms with Crippen LogP contribution in [0.4, 0.5) is 5.69 Å². The summed E-state index contributed by atoms with van der Waals surface area (Å²) in [6.07, 6.45) is 11.9. The highest BCUT2D eigenvalue weighted by Crippen LogP contribution is 2.31. The standard InChI is InChI=1S/C30H41NO4/c1-3-5-21-33-22-23-35-28-15-11-25(12-16-28)26-13-17-29(31-19-9-7-6-8-10-20-31)27(24-26)14-18-30(32)34-4-2/h11-18,24H,3-10,19-23H2,1-2H3. The van der Waals surface area contributed by atoms with Crippen molar-refractivity contribution in [2.75, 3.05) is 44.4 Å². The van der Waals surface area contributed by atoms with Gasteiger partial charge in [0.15, 0.2) is 0 Å². The monoisotopic (exact) mass is 479 g/mol. The van der Waals surface area contributed by atoms with Crippen molar-refractivity contribution in [2.45, 2.75) is 58.8 Å². The molecule has 1 heterocycles. The summed E-state index contributed by atoms with van der Waals surface area (Å²) in [6, 6.07) is 14.7. The molecule has 1 aliphatic rings. The van der Waals surface area contributed by atoms with Crippen LogP contribution in [-0.4, -0.2) is 45.5 Å². The van der Waals surface area contributed by atoms with Gasteiger partial charge >= 0.3 is 5.97 Å². The smallest absolute Gasteiger partial charge is 0.330 e. The van der Waals surface area contributed by atoms with Gasteiger partial charge in [0.2, 0.25) is 0 Å². The molecule has 5 heteroatoms. The van der Waals surface area contributed by atoms with E-state index in [-0.39, 0.29) is 5.97 Å². The largest absolute Gasteiger partial charge is 0.491 e. The molecule has 1 saturated heterocycles. The number of rotatable bonds is 12. The number of ether oxygens (including phenoxy) is 3. The minimum atomic E-state index is -0.309. The van der Waals surface area contributed by atoms with E-state index in [2.05, 4.69) is 42.2 Å². The molecule has 0 N–H and O–H groups in total. The van der Waals surface area contributed by atoms with Crippen molar-refractivity contribution in [1.29, 1.82) is 0 Å². The molecule has 0 radical (unpaired) electrons. The molecule has 190 valence electrons. The first-order valence-electron chi connectivity index (χ1n) is 13.3. The Morgan fingerprint density at radius 3 is 2.31 bits per heavy atom. The Hall–Kier alpha value is -2.79. The Bertz CT molecular complexity index is 914. The number of hydrogen-bond donors (Lipinski definition) is 0. The van der Waals surface area contributed by atoms with E-state index in [1.807, 2.05) is 25.1 Å². The van der Waals surface area contributed by atoms with E-state index in [4.69, 9.17) is 14.2 Å². The SMILES string of the molecule is CCCCOCCOc1ccc(-c2ccc(N3CCCCCCC3)c(C=CC(=O)OCC)c2)cc1. The van der Waals surface area contributed by atoms with Gasteiger partial charge in [-0.3, -0.25) is 0 Å². The second-order valence-corrected chi connectivity index (χ2v) is 8.95. The number of benzene rings is 2. The number of carbonyl (C=O) groups excluding carboxylic acids is 1. The number of unbranched alkanes of at least 4 members (excludes halogenated alkanes) is 1. The Morgan fingerprint density at radius 2 is 1.60 bits per heavy atom. The van der Waals surface area contributed by atoms with Gasteiger partial charge < -0.3 is 19.1 Å². The number of carbonyl (C=O) groups is 1. The van der Waals surface area contributed by atoms with Crippen LogP contribution in [0.15, 0.2) is 48.5 Å². The summed E-state index contributed by atoms with van der Waals surface area (Å²) < 4.78 is 16.5. The lowest BCUT2D eigenvalue weighted by Crippen LogP contribution is -2.27. The van der Waals surface area contributed by atoms with E-state index in [0.29, 0.717) is 19.8 Å². The highest BCUT2D eigenvalue weighted by atomic mass is 16.5. The molecule has 0 bridgehead atoms. The second-order valence-electron chi connectivity index (χ2n) is 8.95. The first-order chi connectivity index (χ1) is 17.2. The zero-order valence-electron chi connectivity index (χ0n) is 21.5. The maximum absolute atomic E-state index is 12.0. The third kappa shape index (κ3) is 9.06. The summed E-state index contributed by atoms with van der Waals surface area (Å²) in [7, 11) is 0. The fraction of sp³-hybridized carbons (Fsp3) is 0.500. The zero-order valence-corrected chi connectivity index (χ0v) is 21.5. The molecule has 5 nitrogen and oxygen atoms in total. The van der Waals surface area contributed by atoms with E-state index in [0.717, 1.165) is 55.0 Å². The average molecular weight is 480 g/mol. The summed E-state index contributed by atoms with van der Waals surface area (Å²) >= 11 is 0. The average Bonchev–Trinajstić information content (AvgIpc) is 2.85. The maximum atomic E-state index is 12.0. The van der Waals surface area contributed by atoms with Crippen LogP contribution in [0.3, 0.4) is 0 Å². The quantitative estimate of drug-likeness (QED) is 0.188. The fourth-order valence-electron chi connectivity index (χ4n) is 4.30. The molecule has 35 heavy (non-hydrogen) atoms. The number of hydrogen-bond acceptors (Lipinski definition) is 5. The van der Waals surface area contributed by atoms with Crippen LogP contribution in [0.1, 0.15) is 64.4 Å². The normalized spacial score (nSPS) is 14.5. The van der Waals surface area contributed by atoms with E-state index >= 15 is 0 Å². The van der Waals surface area contributed by atoms with Crippen LogP contribution in [-0.2, 0) is 14.3 Å². The Balaban J connectivity index is 1.74. The van der Waals surface area contributed by atoms with Gasteiger partial charge in [0, 0.05) is 31.5 Å². The summed E-state index contributed by atoms with van der Waals surface area (Å²) in [5.74, 6) is 0.532. The summed E-state index contributed by atoms with van der Waals surface area (Å²) in [5.41, 5.74) is 4.44. The lowest BCUT2D eigenvalue weighted by Gasteiger charge is -2.28. The molecule has 0 spiro atoms. The van der Waals surface area contributed by atoms with Crippen molar-refractivity contribution in [2.24, 2.45) is 0 Å². The minimum Gasteiger partial charge on any atom is -0.491 e. The van der Waals surface area contributed by atoms with Crippen LogP contribution >= 0.6 is 0 Å². The van der Waals surface area contributed by atoms with Crippen molar-refractivity contribution in [1.82, 2.24) is 0 Å². The van der Waals surface area contributed by atoms with E-state index < -0.39 is 0 Å². The van der Waals surface area contributed by atoms with E-state index in [1.165, 1.54) is 43.9 Å². The molecular formula is C30H41NO4. The lowest BCUT2D eigenvalue weighted by molar-refractivity contribution is -0.137. The topological polar surface area (TPSA) is 48.0 Å². The highest BCUT2D eigenvalue weighted by molar-refractivity contribution is 5.89. The molecule has 2 aromatic carbocycles. The second kappa shape index (κ2) is 15.3. The van der Waals surface area contributed by atoms with Crippen LogP contribution < -0.4 is 9.64 Å². The fourth-order valence-corrected chi connectivity index (χ4v) is 4.30. The van der Waals surface area contributed by atoms with Gasteiger partial charge in [0.05, 0.1) is 13.2 Å². The van der Waals surface area contributed by atoms with Crippen molar-refractivity contribution < 1.29 is 19.0 Å². The van der Waals surface area contributed by atoms with Gasteiger partial charge in [-0.15, -0.1) is 0 Å². The van der Waals surface area contributed by atoms with Crippen LogP contribution in [0.25, 0.3) is 17.2 Å². The highest BCUT2D eigenvalue weighted by Gasteiger charge is 2.13. The van der Waals surface area contributed by atoms with Gasteiger partial charge in [-0.25, -0.2) is 4.79 Å². The molecule has 3 rings (SSSR count). The molecule has 1 fully saturated rings. The zero-order chi connectivity index (χ0) is 24.7. The van der Waals surface area contributed by atoms with Crippen molar-refractivity contribution in [3.63, 3.8) is 0 Å². The van der Waals surface area contributed by atoms with Crippen LogP contribution in [0.2, 0.25) is 0 Å². The summed E-state index contributed by atoms with van der Waals surface area (Å²) in [5, 5.41) is 0. The van der Waals surface area contributed by atoms with Crippen molar-refractivity contribution in [3.05, 3.63) is 54.1 Å². The maximum Gasteiger partial charge on any atom is 0.330 e. The lowest BCUT2D eigenvalue weighted by atomic mass is 9.99. The van der Waals surface area contributed by atoms with Gasteiger partial charge in [0.1, 0.15) is 12.4 Å². The summed E-state index contributed by atoms with van der Waals surface area (Å²) in [4.78, 5) is 14.5. The molecule has 0 aromatic heterocycles. The molecule has 0 aliphatic carbocycles. The number of anilines is 1. The Morgan fingerprint density at radius 1 is 0.886 bits per heavy atom. The number of nitrogens with zero attached hydrogens (tertiary/aromatic N) is 1. The van der Waals surface area contributed by atoms with Gasteiger partial charge in [-0.05, 0) is 73.2 Å². The van der Waals surface area contributed by atoms with Crippen molar-refractivity contribution >= 4 is 17.7 Å². The minimum absolute atomic E-state index is 0.309. The van der Waals surface area contributed by atoms with Crippen molar-refractivity contribution in [3.8, 4) is 16.9 Å². The van der Waals surface area contributed by atoms with Gasteiger partial charge in [-0.2, -0.15) is 0 Å². The number of esters is 1. The molecule has 1 aliphatic heterocycles. The molecule has 0 saturated carbocycles. The van der Waals surface area contributed by atoms with Crippen LogP contribution in [0, 0.1) is 0 Å². The van der Waals surface area contributed by atoms with Crippen LogP contribution in [0.5, 0.6) is 5.75 Å². The predicted molar refractivity (Wildman–Crippen MR) is 144 cm³/mol. The molecular weight excluding hydrogens is 438 g/mol. The molecule has 0 amide bonds.